The monoisotopic (exact) mass is 281 g/mol. The maximum absolute atomic E-state index is 12.8. The maximum atomic E-state index is 12.8. The van der Waals surface area contributed by atoms with Gasteiger partial charge in [-0.15, -0.1) is 0 Å². The Bertz CT molecular complexity index is 654. The van der Waals surface area contributed by atoms with Crippen LogP contribution in [0.3, 0.4) is 0 Å². The third-order valence-corrected chi connectivity index (χ3v) is 3.96. The van der Waals surface area contributed by atoms with Crippen LogP contribution in [-0.2, 0) is 13.0 Å². The van der Waals surface area contributed by atoms with E-state index < -0.39 is 0 Å². The van der Waals surface area contributed by atoms with Gasteiger partial charge < -0.3 is 10.2 Å². The highest BCUT2D eigenvalue weighted by Gasteiger charge is 2.21. The predicted octanol–water partition coefficient (Wildman–Crippen LogP) is 2.71. The number of pyridine rings is 1. The number of carbonyl (C=O) groups is 1. The van der Waals surface area contributed by atoms with Crippen LogP contribution in [0.5, 0.6) is 0 Å². The molecular formula is C17H19N3O. The molecule has 0 radical (unpaired) electrons. The molecule has 0 unspecified atom stereocenters. The minimum atomic E-state index is 0.0680. The number of hydrogen-bond donors (Lipinski definition) is 1. The molecule has 108 valence electrons. The summed E-state index contributed by atoms with van der Waals surface area (Å²) in [6.07, 6.45) is 5.40. The zero-order valence-electron chi connectivity index (χ0n) is 12.2. The topological polar surface area (TPSA) is 45.2 Å². The molecule has 0 saturated heterocycles. The van der Waals surface area contributed by atoms with E-state index in [1.807, 2.05) is 18.0 Å². The minimum Gasteiger partial charge on any atom is -0.386 e. The molecule has 4 nitrogen and oxygen atoms in total. The van der Waals surface area contributed by atoms with Crippen molar-refractivity contribution in [3.8, 4) is 0 Å². The van der Waals surface area contributed by atoms with Gasteiger partial charge in [0.1, 0.15) is 0 Å². The number of rotatable bonds is 2. The molecule has 2 aromatic rings. The molecule has 1 aromatic carbocycles. The van der Waals surface area contributed by atoms with Gasteiger partial charge in [-0.2, -0.15) is 0 Å². The normalized spacial score (nSPS) is 14.2. The molecule has 0 fully saturated rings. The molecule has 4 heteroatoms. The highest BCUT2D eigenvalue weighted by molar-refractivity contribution is 5.99. The van der Waals surface area contributed by atoms with Crippen LogP contribution in [0.15, 0.2) is 42.7 Å². The summed E-state index contributed by atoms with van der Waals surface area (Å²) in [6.45, 7) is 1.47. The van der Waals surface area contributed by atoms with Crippen LogP contribution < -0.4 is 5.32 Å². The quantitative estimate of drug-likeness (QED) is 0.920. The second-order valence-corrected chi connectivity index (χ2v) is 5.27. The molecule has 0 bridgehead atoms. The van der Waals surface area contributed by atoms with E-state index in [0.29, 0.717) is 12.1 Å². The Morgan fingerprint density at radius 1 is 1.24 bits per heavy atom. The summed E-state index contributed by atoms with van der Waals surface area (Å²) in [4.78, 5) is 18.8. The Kier molecular flexibility index (Phi) is 3.86. The summed E-state index contributed by atoms with van der Waals surface area (Å²) in [5.41, 5.74) is 4.08. The van der Waals surface area contributed by atoms with Crippen LogP contribution in [0.1, 0.15) is 27.9 Å². The van der Waals surface area contributed by atoms with Gasteiger partial charge in [-0.05, 0) is 30.0 Å². The smallest absolute Gasteiger partial charge is 0.256 e. The lowest BCUT2D eigenvalue weighted by atomic mass is 10.0. The zero-order chi connectivity index (χ0) is 14.7. The van der Waals surface area contributed by atoms with E-state index in [0.717, 1.165) is 25.1 Å². The average Bonchev–Trinajstić information content (AvgIpc) is 2.76. The second kappa shape index (κ2) is 5.95. The standard InChI is InChI=1S/C17H19N3O/c1-18-16-11-19-9-8-15(16)17(21)20-10-4-7-13-5-2-3-6-14(13)12-20/h2-3,5-6,8-9,11,18H,4,7,10,12H2,1H3. The van der Waals surface area contributed by atoms with Crippen molar-refractivity contribution >= 4 is 11.6 Å². The summed E-state index contributed by atoms with van der Waals surface area (Å²) in [7, 11) is 1.81. The van der Waals surface area contributed by atoms with Crippen molar-refractivity contribution in [1.82, 2.24) is 9.88 Å². The summed E-state index contributed by atoms with van der Waals surface area (Å²) in [5, 5.41) is 3.04. The molecule has 0 saturated carbocycles. The first-order valence-electron chi connectivity index (χ1n) is 7.27. The van der Waals surface area contributed by atoms with Gasteiger partial charge in [0.25, 0.3) is 5.91 Å². The van der Waals surface area contributed by atoms with Gasteiger partial charge in [0.05, 0.1) is 17.4 Å². The van der Waals surface area contributed by atoms with Gasteiger partial charge in [0.15, 0.2) is 0 Å². The maximum Gasteiger partial charge on any atom is 0.256 e. The van der Waals surface area contributed by atoms with Crippen molar-refractivity contribution in [1.29, 1.82) is 0 Å². The van der Waals surface area contributed by atoms with Crippen molar-refractivity contribution in [2.45, 2.75) is 19.4 Å². The number of fused-ring (bicyclic) bond motifs is 1. The van der Waals surface area contributed by atoms with E-state index in [-0.39, 0.29) is 5.91 Å². The SMILES string of the molecule is CNc1cnccc1C(=O)N1CCCc2ccccc2C1. The number of aryl methyl sites for hydroxylation is 1. The fraction of sp³-hybridized carbons (Fsp3) is 0.294. The fourth-order valence-electron chi connectivity index (χ4n) is 2.82. The van der Waals surface area contributed by atoms with Gasteiger partial charge in [-0.1, -0.05) is 24.3 Å². The number of nitrogens with zero attached hydrogens (tertiary/aromatic N) is 2. The van der Waals surface area contributed by atoms with Gasteiger partial charge >= 0.3 is 0 Å². The van der Waals surface area contributed by atoms with Crippen molar-refractivity contribution in [3.63, 3.8) is 0 Å². The molecule has 2 heterocycles. The number of amides is 1. The van der Waals surface area contributed by atoms with E-state index >= 15 is 0 Å². The Morgan fingerprint density at radius 2 is 2.05 bits per heavy atom. The van der Waals surface area contributed by atoms with Crippen molar-refractivity contribution in [3.05, 3.63) is 59.4 Å². The molecule has 0 aliphatic carbocycles. The molecule has 0 atom stereocenters. The Labute approximate surface area is 124 Å². The zero-order valence-corrected chi connectivity index (χ0v) is 12.2. The lowest BCUT2D eigenvalue weighted by Gasteiger charge is -2.22. The first kappa shape index (κ1) is 13.6. The van der Waals surface area contributed by atoms with Crippen LogP contribution in [-0.4, -0.2) is 29.4 Å². The third-order valence-electron chi connectivity index (χ3n) is 3.96. The third kappa shape index (κ3) is 2.75. The molecular weight excluding hydrogens is 262 g/mol. The van der Waals surface area contributed by atoms with E-state index in [1.165, 1.54) is 11.1 Å². The van der Waals surface area contributed by atoms with Gasteiger partial charge in [-0.3, -0.25) is 9.78 Å². The molecule has 1 aliphatic heterocycles. The summed E-state index contributed by atoms with van der Waals surface area (Å²) in [6, 6.07) is 10.2. The highest BCUT2D eigenvalue weighted by atomic mass is 16.2. The lowest BCUT2D eigenvalue weighted by Crippen LogP contribution is -2.31. The van der Waals surface area contributed by atoms with E-state index in [2.05, 4.69) is 28.5 Å². The van der Waals surface area contributed by atoms with Crippen molar-refractivity contribution in [2.24, 2.45) is 0 Å². The molecule has 1 N–H and O–H groups in total. The van der Waals surface area contributed by atoms with Gasteiger partial charge in [0, 0.05) is 26.3 Å². The number of carbonyl (C=O) groups excluding carboxylic acids is 1. The minimum absolute atomic E-state index is 0.0680. The van der Waals surface area contributed by atoms with E-state index in [1.54, 1.807) is 18.5 Å². The molecule has 1 amide bonds. The number of nitrogens with one attached hydrogen (secondary N) is 1. The first-order chi connectivity index (χ1) is 10.3. The average molecular weight is 281 g/mol. The Hall–Kier alpha value is -2.36. The molecule has 0 spiro atoms. The highest BCUT2D eigenvalue weighted by Crippen LogP contribution is 2.22. The largest absolute Gasteiger partial charge is 0.386 e. The van der Waals surface area contributed by atoms with Crippen LogP contribution >= 0.6 is 0 Å². The lowest BCUT2D eigenvalue weighted by molar-refractivity contribution is 0.0747. The molecule has 1 aliphatic rings. The van der Waals surface area contributed by atoms with Crippen molar-refractivity contribution in [2.75, 3.05) is 18.9 Å². The predicted molar refractivity (Wildman–Crippen MR) is 83.3 cm³/mol. The van der Waals surface area contributed by atoms with Gasteiger partial charge in [-0.25, -0.2) is 0 Å². The first-order valence-corrected chi connectivity index (χ1v) is 7.27. The Balaban J connectivity index is 1.88. The number of aromatic nitrogens is 1. The van der Waals surface area contributed by atoms with Crippen molar-refractivity contribution < 1.29 is 4.79 Å². The summed E-state index contributed by atoms with van der Waals surface area (Å²) < 4.78 is 0. The van der Waals surface area contributed by atoms with Crippen LogP contribution in [0.2, 0.25) is 0 Å². The van der Waals surface area contributed by atoms with Crippen LogP contribution in [0.4, 0.5) is 5.69 Å². The summed E-state index contributed by atoms with van der Waals surface area (Å²) in [5.74, 6) is 0.0680. The van der Waals surface area contributed by atoms with Crippen LogP contribution in [0.25, 0.3) is 0 Å². The molecule has 3 rings (SSSR count). The van der Waals surface area contributed by atoms with E-state index in [9.17, 15) is 4.79 Å². The number of benzene rings is 1. The molecule has 21 heavy (non-hydrogen) atoms. The van der Waals surface area contributed by atoms with Gasteiger partial charge in [0.2, 0.25) is 0 Å². The molecule has 1 aromatic heterocycles. The number of hydrogen-bond acceptors (Lipinski definition) is 3. The summed E-state index contributed by atoms with van der Waals surface area (Å²) >= 11 is 0. The number of anilines is 1. The van der Waals surface area contributed by atoms with Crippen LogP contribution in [0, 0.1) is 0 Å². The fourth-order valence-corrected chi connectivity index (χ4v) is 2.82. The van der Waals surface area contributed by atoms with E-state index in [4.69, 9.17) is 0 Å². The second-order valence-electron chi connectivity index (χ2n) is 5.27. The Morgan fingerprint density at radius 3 is 2.86 bits per heavy atom.